The summed E-state index contributed by atoms with van der Waals surface area (Å²) >= 11 is 6.19. The zero-order chi connectivity index (χ0) is 21.3. The van der Waals surface area contributed by atoms with Crippen molar-refractivity contribution in [1.82, 2.24) is 4.90 Å². The lowest BCUT2D eigenvalue weighted by molar-refractivity contribution is -0.113. The summed E-state index contributed by atoms with van der Waals surface area (Å²) in [6, 6.07) is 5.31. The summed E-state index contributed by atoms with van der Waals surface area (Å²) in [5.41, 5.74) is 8.99. The third-order valence-corrected chi connectivity index (χ3v) is 4.23. The van der Waals surface area contributed by atoms with Crippen LogP contribution in [0.25, 0.3) is 5.57 Å². The van der Waals surface area contributed by atoms with Gasteiger partial charge < -0.3 is 20.5 Å². The summed E-state index contributed by atoms with van der Waals surface area (Å²) in [5, 5.41) is 10.4. The topological polar surface area (TPSA) is 75.8 Å². The standard InChI is InChI=1S/C22H25ClN2O3/c1-6-8-15(3)18(19-12-17(23)9-10-22(19)28-5)11-16(4)25(14-24)13-21(27)20(26)7-2/h1,7,9-13,27H,2,8,14,24H2,3-5H3/b16-11+,18-15+,21-13+. The molecule has 148 valence electrons. The number of carbonyl (C=O) groups excluding carboxylic acids is 1. The van der Waals surface area contributed by atoms with Gasteiger partial charge in [0.15, 0.2) is 5.76 Å². The van der Waals surface area contributed by atoms with Crippen LogP contribution in [-0.2, 0) is 4.79 Å². The van der Waals surface area contributed by atoms with E-state index in [1.165, 1.54) is 11.1 Å². The molecule has 6 heteroatoms. The molecule has 3 N–H and O–H groups in total. The first-order valence-electron chi connectivity index (χ1n) is 8.48. The Morgan fingerprint density at radius 1 is 1.46 bits per heavy atom. The predicted octanol–water partition coefficient (Wildman–Crippen LogP) is 4.42. The van der Waals surface area contributed by atoms with Gasteiger partial charge in [-0.15, -0.1) is 12.3 Å². The Hall–Kier alpha value is -2.94. The number of aliphatic hydroxyl groups is 1. The number of aliphatic hydroxyl groups excluding tert-OH is 1. The van der Waals surface area contributed by atoms with Crippen LogP contribution in [0.5, 0.6) is 5.75 Å². The average Bonchev–Trinajstić information content (AvgIpc) is 2.69. The minimum Gasteiger partial charge on any atom is -0.503 e. The molecule has 0 bridgehead atoms. The number of nitrogens with zero attached hydrogens (tertiary/aromatic N) is 1. The van der Waals surface area contributed by atoms with E-state index in [2.05, 4.69) is 12.5 Å². The minimum atomic E-state index is -0.595. The number of hydrogen-bond donors (Lipinski definition) is 2. The second-order valence-electron chi connectivity index (χ2n) is 5.94. The van der Waals surface area contributed by atoms with Gasteiger partial charge in [-0.05, 0) is 49.8 Å². The van der Waals surface area contributed by atoms with Crippen molar-refractivity contribution >= 4 is 23.0 Å². The number of allylic oxidation sites excluding steroid dienone is 5. The molecule has 0 aromatic heterocycles. The van der Waals surface area contributed by atoms with E-state index in [9.17, 15) is 9.90 Å². The van der Waals surface area contributed by atoms with Crippen molar-refractivity contribution in [2.45, 2.75) is 20.3 Å². The number of nitrogens with two attached hydrogens (primary N) is 1. The molecule has 0 aliphatic heterocycles. The number of halogens is 1. The first-order valence-corrected chi connectivity index (χ1v) is 8.86. The third kappa shape index (κ3) is 6.05. The Morgan fingerprint density at radius 3 is 2.68 bits per heavy atom. The van der Waals surface area contributed by atoms with Crippen molar-refractivity contribution in [3.05, 3.63) is 70.7 Å². The highest BCUT2D eigenvalue weighted by Gasteiger charge is 2.13. The van der Waals surface area contributed by atoms with Gasteiger partial charge in [0.2, 0.25) is 5.78 Å². The van der Waals surface area contributed by atoms with Gasteiger partial charge in [-0.25, -0.2) is 0 Å². The third-order valence-electron chi connectivity index (χ3n) is 4.00. The zero-order valence-electron chi connectivity index (χ0n) is 16.3. The SMILES string of the molecule is C#CC/C(C)=C(\C=C(/C)N(/C=C(/O)C(=O)C=C)CN)c1cc(Cl)ccc1OC. The van der Waals surface area contributed by atoms with E-state index >= 15 is 0 Å². The van der Waals surface area contributed by atoms with Crippen molar-refractivity contribution in [3.63, 3.8) is 0 Å². The van der Waals surface area contributed by atoms with Crippen molar-refractivity contribution in [2.75, 3.05) is 13.8 Å². The second-order valence-corrected chi connectivity index (χ2v) is 6.38. The van der Waals surface area contributed by atoms with Gasteiger partial charge in [0.1, 0.15) is 5.75 Å². The molecule has 0 saturated heterocycles. The summed E-state index contributed by atoms with van der Waals surface area (Å²) in [6.45, 7) is 7.12. The minimum absolute atomic E-state index is 0.0466. The molecule has 1 aromatic carbocycles. The number of hydrogen-bond acceptors (Lipinski definition) is 5. The van der Waals surface area contributed by atoms with E-state index in [4.69, 9.17) is 28.5 Å². The maximum absolute atomic E-state index is 11.6. The van der Waals surface area contributed by atoms with E-state index in [0.717, 1.165) is 22.8 Å². The van der Waals surface area contributed by atoms with Crippen molar-refractivity contribution in [3.8, 4) is 18.1 Å². The molecule has 0 atom stereocenters. The van der Waals surface area contributed by atoms with Crippen molar-refractivity contribution in [2.24, 2.45) is 5.73 Å². The van der Waals surface area contributed by atoms with Crippen LogP contribution in [0.4, 0.5) is 0 Å². The molecular formula is C22H25ClN2O3. The highest BCUT2D eigenvalue weighted by molar-refractivity contribution is 6.30. The fourth-order valence-electron chi connectivity index (χ4n) is 2.48. The highest BCUT2D eigenvalue weighted by atomic mass is 35.5. The molecule has 0 fully saturated rings. The van der Waals surface area contributed by atoms with E-state index in [0.29, 0.717) is 22.9 Å². The van der Waals surface area contributed by atoms with Gasteiger partial charge in [-0.1, -0.05) is 23.8 Å². The number of rotatable bonds is 9. The maximum Gasteiger partial charge on any atom is 0.221 e. The van der Waals surface area contributed by atoms with E-state index in [-0.39, 0.29) is 6.67 Å². The molecule has 1 rings (SSSR count). The molecule has 5 nitrogen and oxygen atoms in total. The molecule has 0 aliphatic carbocycles. The number of benzene rings is 1. The van der Waals surface area contributed by atoms with Crippen molar-refractivity contribution in [1.29, 1.82) is 0 Å². The van der Waals surface area contributed by atoms with Gasteiger partial charge in [0.05, 0.1) is 20.0 Å². The van der Waals surface area contributed by atoms with Crippen LogP contribution in [0.1, 0.15) is 25.8 Å². The number of methoxy groups -OCH3 is 1. The highest BCUT2D eigenvalue weighted by Crippen LogP contribution is 2.33. The van der Waals surface area contributed by atoms with E-state index in [1.54, 1.807) is 32.2 Å². The van der Waals surface area contributed by atoms with Crippen LogP contribution in [0.2, 0.25) is 5.02 Å². The van der Waals surface area contributed by atoms with Crippen LogP contribution >= 0.6 is 11.6 Å². The Labute approximate surface area is 171 Å². The van der Waals surface area contributed by atoms with Gasteiger partial charge in [0, 0.05) is 22.7 Å². The summed E-state index contributed by atoms with van der Waals surface area (Å²) in [6.07, 6.45) is 10.1. The lowest BCUT2D eigenvalue weighted by atomic mass is 9.97. The molecule has 0 saturated carbocycles. The number of ketones is 1. The maximum atomic E-state index is 11.6. The largest absolute Gasteiger partial charge is 0.503 e. The lowest BCUT2D eigenvalue weighted by Crippen LogP contribution is -2.24. The van der Waals surface area contributed by atoms with Crippen molar-refractivity contribution < 1.29 is 14.6 Å². The van der Waals surface area contributed by atoms with Gasteiger partial charge >= 0.3 is 0 Å². The average molecular weight is 401 g/mol. The smallest absolute Gasteiger partial charge is 0.221 e. The monoisotopic (exact) mass is 400 g/mol. The lowest BCUT2D eigenvalue weighted by Gasteiger charge is -2.21. The van der Waals surface area contributed by atoms with E-state index < -0.39 is 11.5 Å². The molecule has 1 aromatic rings. The molecule has 0 heterocycles. The molecule has 0 radical (unpaired) electrons. The first kappa shape index (κ1) is 23.1. The number of ether oxygens (including phenoxy) is 1. The van der Waals surface area contributed by atoms with Crippen LogP contribution in [0.15, 0.2) is 60.2 Å². The molecular weight excluding hydrogens is 376 g/mol. The second kappa shape index (κ2) is 11.0. The summed E-state index contributed by atoms with van der Waals surface area (Å²) < 4.78 is 5.47. The van der Waals surface area contributed by atoms with Gasteiger partial charge in [-0.3, -0.25) is 4.79 Å². The van der Waals surface area contributed by atoms with Crippen LogP contribution < -0.4 is 10.5 Å². The van der Waals surface area contributed by atoms with Gasteiger partial charge in [-0.2, -0.15) is 0 Å². The number of terminal acetylenes is 1. The summed E-state index contributed by atoms with van der Waals surface area (Å²) in [4.78, 5) is 13.1. The predicted molar refractivity (Wildman–Crippen MR) is 115 cm³/mol. The molecule has 28 heavy (non-hydrogen) atoms. The molecule has 0 unspecified atom stereocenters. The van der Waals surface area contributed by atoms with Gasteiger partial charge in [0.25, 0.3) is 0 Å². The fourth-order valence-corrected chi connectivity index (χ4v) is 2.65. The van der Waals surface area contributed by atoms with Crippen LogP contribution in [0, 0.1) is 12.3 Å². The molecule has 0 aliphatic rings. The number of carbonyl (C=O) groups is 1. The first-order chi connectivity index (χ1) is 13.3. The quantitative estimate of drug-likeness (QED) is 0.211. The molecule has 0 spiro atoms. The van der Waals surface area contributed by atoms with Crippen LogP contribution in [0.3, 0.4) is 0 Å². The molecule has 0 amide bonds. The Balaban J connectivity index is 3.55. The Kier molecular flexibility index (Phi) is 9.10. The van der Waals surface area contributed by atoms with E-state index in [1.807, 2.05) is 13.0 Å². The summed E-state index contributed by atoms with van der Waals surface area (Å²) in [7, 11) is 1.57. The summed E-state index contributed by atoms with van der Waals surface area (Å²) in [5.74, 6) is 2.22. The fraction of sp³-hybridized carbons (Fsp3) is 0.227. The zero-order valence-corrected chi connectivity index (χ0v) is 17.1. The normalized spacial score (nSPS) is 12.7. The van der Waals surface area contributed by atoms with Crippen LogP contribution in [-0.4, -0.2) is 29.6 Å². The Morgan fingerprint density at radius 2 is 2.14 bits per heavy atom. The Bertz CT molecular complexity index is 876.